The number of esters is 1. The number of carbonyl (C=O) groups excluding carboxylic acids is 2. The summed E-state index contributed by atoms with van der Waals surface area (Å²) in [6.07, 6.45) is 1.33. The number of halogens is 1. The molecule has 2 rings (SSSR count). The molecule has 0 fully saturated rings. The Morgan fingerprint density at radius 2 is 1.96 bits per heavy atom. The number of hydrogen-bond donors (Lipinski definition) is 2. The number of benzene rings is 1. The van der Waals surface area contributed by atoms with Crippen LogP contribution >= 0.6 is 0 Å². The summed E-state index contributed by atoms with van der Waals surface area (Å²) in [5.74, 6) is -0.852. The van der Waals surface area contributed by atoms with Gasteiger partial charge in [0, 0.05) is 24.4 Å². The Labute approximate surface area is 146 Å². The van der Waals surface area contributed by atoms with Gasteiger partial charge in [-0.15, -0.1) is 0 Å². The fourth-order valence-electron chi connectivity index (χ4n) is 2.76. The number of carbonyl (C=O) groups is 2. The normalized spacial score (nSPS) is 11.6. The molecule has 1 amide bonds. The zero-order valence-corrected chi connectivity index (χ0v) is 15.4. The van der Waals surface area contributed by atoms with Gasteiger partial charge >= 0.3 is 5.97 Å². The van der Waals surface area contributed by atoms with Crippen molar-refractivity contribution in [2.75, 3.05) is 7.05 Å². The van der Waals surface area contributed by atoms with E-state index in [1.807, 2.05) is 20.8 Å². The molecule has 0 radical (unpaired) electrons. The quantitative estimate of drug-likeness (QED) is 0.811. The Morgan fingerprint density at radius 1 is 1.28 bits per heavy atom. The van der Waals surface area contributed by atoms with Crippen molar-refractivity contribution in [2.45, 2.75) is 52.6 Å². The highest BCUT2D eigenvalue weighted by Gasteiger charge is 2.20. The maximum absolute atomic E-state index is 13.8. The Kier molecular flexibility index (Phi) is 5.50. The minimum absolute atomic E-state index is 0.261. The van der Waals surface area contributed by atoms with Crippen LogP contribution in [0, 0.1) is 12.7 Å². The van der Waals surface area contributed by atoms with Crippen molar-refractivity contribution < 1.29 is 18.7 Å². The van der Waals surface area contributed by atoms with Gasteiger partial charge in [0.2, 0.25) is 0 Å². The van der Waals surface area contributed by atoms with Gasteiger partial charge in [0.25, 0.3) is 5.91 Å². The van der Waals surface area contributed by atoms with E-state index in [9.17, 15) is 14.0 Å². The van der Waals surface area contributed by atoms with Gasteiger partial charge in [-0.05, 0) is 63.8 Å². The van der Waals surface area contributed by atoms with E-state index in [2.05, 4.69) is 10.3 Å². The number of fused-ring (bicyclic) bond motifs is 1. The van der Waals surface area contributed by atoms with Crippen LogP contribution < -0.4 is 5.32 Å². The van der Waals surface area contributed by atoms with Gasteiger partial charge in [-0.2, -0.15) is 0 Å². The lowest BCUT2D eigenvalue weighted by molar-refractivity contribution is -0.154. The highest BCUT2D eigenvalue weighted by molar-refractivity contribution is 6.01. The van der Waals surface area contributed by atoms with Crippen LogP contribution in [0.2, 0.25) is 0 Å². The van der Waals surface area contributed by atoms with E-state index in [0.29, 0.717) is 29.6 Å². The number of nitrogens with one attached hydrogen (secondary N) is 2. The molecule has 25 heavy (non-hydrogen) atoms. The van der Waals surface area contributed by atoms with Crippen LogP contribution in [0.25, 0.3) is 10.9 Å². The molecule has 0 atom stereocenters. The fourth-order valence-corrected chi connectivity index (χ4v) is 2.76. The molecule has 0 aliphatic heterocycles. The summed E-state index contributed by atoms with van der Waals surface area (Å²) in [5.41, 5.74) is 1.78. The van der Waals surface area contributed by atoms with Crippen LogP contribution in [0.4, 0.5) is 4.39 Å². The van der Waals surface area contributed by atoms with Gasteiger partial charge in [0.1, 0.15) is 17.1 Å². The van der Waals surface area contributed by atoms with Crippen molar-refractivity contribution in [3.63, 3.8) is 0 Å². The predicted octanol–water partition coefficient (Wildman–Crippen LogP) is 3.64. The summed E-state index contributed by atoms with van der Waals surface area (Å²) in [7, 11) is 1.55. The molecule has 0 spiro atoms. The average Bonchev–Trinajstić information content (AvgIpc) is 2.83. The van der Waals surface area contributed by atoms with E-state index in [0.717, 1.165) is 10.9 Å². The number of hydrogen-bond acceptors (Lipinski definition) is 3. The average molecular weight is 348 g/mol. The van der Waals surface area contributed by atoms with Gasteiger partial charge in [-0.1, -0.05) is 0 Å². The molecule has 1 aromatic heterocycles. The van der Waals surface area contributed by atoms with Gasteiger partial charge in [0.05, 0.1) is 0 Å². The van der Waals surface area contributed by atoms with E-state index in [1.54, 1.807) is 20.0 Å². The number of H-pyrrole nitrogens is 1. The van der Waals surface area contributed by atoms with Crippen LogP contribution in [0.15, 0.2) is 12.1 Å². The van der Waals surface area contributed by atoms with Crippen molar-refractivity contribution >= 4 is 22.8 Å². The number of aryl methyl sites for hydroxylation is 2. The monoisotopic (exact) mass is 348 g/mol. The third kappa shape index (κ3) is 4.59. The van der Waals surface area contributed by atoms with Gasteiger partial charge < -0.3 is 15.0 Å². The first kappa shape index (κ1) is 19.0. The third-order valence-corrected chi connectivity index (χ3v) is 3.87. The van der Waals surface area contributed by atoms with Crippen LogP contribution in [-0.4, -0.2) is 29.5 Å². The Balaban J connectivity index is 2.24. The van der Waals surface area contributed by atoms with Crippen molar-refractivity contribution in [1.29, 1.82) is 0 Å². The Hall–Kier alpha value is -2.37. The molecule has 5 nitrogen and oxygen atoms in total. The lowest BCUT2D eigenvalue weighted by Crippen LogP contribution is -2.23. The molecule has 2 N–H and O–H groups in total. The molecule has 1 heterocycles. The highest BCUT2D eigenvalue weighted by atomic mass is 19.1. The lowest BCUT2D eigenvalue weighted by atomic mass is 10.0. The van der Waals surface area contributed by atoms with Crippen molar-refractivity contribution in [3.8, 4) is 0 Å². The maximum Gasteiger partial charge on any atom is 0.306 e. The van der Waals surface area contributed by atoms with Crippen molar-refractivity contribution in [1.82, 2.24) is 10.3 Å². The molecular weight excluding hydrogens is 323 g/mol. The number of amides is 1. The SMILES string of the molecule is CNC(=O)c1[nH]c2cc(F)c(C)cc2c1CCCC(=O)OC(C)(C)C. The largest absolute Gasteiger partial charge is 0.460 e. The highest BCUT2D eigenvalue weighted by Crippen LogP contribution is 2.27. The van der Waals surface area contributed by atoms with Crippen LogP contribution in [0.5, 0.6) is 0 Å². The maximum atomic E-state index is 13.8. The standard InChI is InChI=1S/C19H25FN2O3/c1-11-9-13-12(7-6-8-16(23)25-19(2,3)4)17(18(24)21-5)22-15(13)10-14(11)20/h9-10,22H,6-8H2,1-5H3,(H,21,24). The topological polar surface area (TPSA) is 71.2 Å². The molecule has 0 bridgehead atoms. The summed E-state index contributed by atoms with van der Waals surface area (Å²) in [6, 6.07) is 3.13. The van der Waals surface area contributed by atoms with E-state index in [1.165, 1.54) is 6.07 Å². The van der Waals surface area contributed by atoms with Crippen LogP contribution in [0.3, 0.4) is 0 Å². The summed E-state index contributed by atoms with van der Waals surface area (Å²) in [6.45, 7) is 7.16. The summed E-state index contributed by atoms with van der Waals surface area (Å²) in [5, 5.41) is 3.39. The third-order valence-electron chi connectivity index (χ3n) is 3.87. The molecule has 0 saturated carbocycles. The number of ether oxygens (including phenoxy) is 1. The Morgan fingerprint density at radius 3 is 2.56 bits per heavy atom. The molecule has 0 aliphatic carbocycles. The smallest absolute Gasteiger partial charge is 0.306 e. The first-order valence-electron chi connectivity index (χ1n) is 8.37. The molecule has 0 saturated heterocycles. The second-order valence-electron chi connectivity index (χ2n) is 7.14. The molecule has 0 unspecified atom stereocenters. The molecule has 0 aliphatic rings. The first-order chi connectivity index (χ1) is 11.6. The van der Waals surface area contributed by atoms with E-state index in [4.69, 9.17) is 4.74 Å². The second kappa shape index (κ2) is 7.25. The van der Waals surface area contributed by atoms with E-state index >= 15 is 0 Å². The molecule has 1 aromatic carbocycles. The minimum Gasteiger partial charge on any atom is -0.460 e. The van der Waals surface area contributed by atoms with Gasteiger partial charge in [-0.3, -0.25) is 9.59 Å². The van der Waals surface area contributed by atoms with E-state index in [-0.39, 0.29) is 24.1 Å². The van der Waals surface area contributed by atoms with E-state index < -0.39 is 5.60 Å². The second-order valence-corrected chi connectivity index (χ2v) is 7.14. The predicted molar refractivity (Wildman–Crippen MR) is 95.2 cm³/mol. The zero-order chi connectivity index (χ0) is 18.8. The molecule has 6 heteroatoms. The van der Waals surface area contributed by atoms with Crippen molar-refractivity contribution in [2.24, 2.45) is 0 Å². The zero-order valence-electron chi connectivity index (χ0n) is 15.4. The molecule has 2 aromatic rings. The summed E-state index contributed by atoms with van der Waals surface area (Å²) >= 11 is 0. The summed E-state index contributed by atoms with van der Waals surface area (Å²) in [4.78, 5) is 27.0. The number of aromatic nitrogens is 1. The number of rotatable bonds is 5. The van der Waals surface area contributed by atoms with Gasteiger partial charge in [-0.25, -0.2) is 4.39 Å². The van der Waals surface area contributed by atoms with Crippen LogP contribution in [0.1, 0.15) is 55.2 Å². The first-order valence-corrected chi connectivity index (χ1v) is 8.37. The summed E-state index contributed by atoms with van der Waals surface area (Å²) < 4.78 is 19.1. The fraction of sp³-hybridized carbons (Fsp3) is 0.474. The molecule has 136 valence electrons. The van der Waals surface area contributed by atoms with Gasteiger partial charge in [0.15, 0.2) is 0 Å². The van der Waals surface area contributed by atoms with Crippen LogP contribution in [-0.2, 0) is 16.0 Å². The minimum atomic E-state index is -0.514. The lowest BCUT2D eigenvalue weighted by Gasteiger charge is -2.19. The Bertz CT molecular complexity index is 803. The van der Waals surface area contributed by atoms with Crippen molar-refractivity contribution in [3.05, 3.63) is 34.8 Å². The molecular formula is C19H25FN2O3. The number of aromatic amines is 1.